The van der Waals surface area contributed by atoms with Crippen molar-refractivity contribution in [1.29, 1.82) is 0 Å². The second-order valence-corrected chi connectivity index (χ2v) is 4.79. The Labute approximate surface area is 116 Å². The van der Waals surface area contributed by atoms with Gasteiger partial charge in [0, 0.05) is 21.8 Å². The second kappa shape index (κ2) is 5.02. The molecule has 2 aromatic carbocycles. The lowest BCUT2D eigenvalue weighted by molar-refractivity contribution is 0.101. The normalized spacial score (nSPS) is 10.5. The number of carbonyl (C=O) groups is 1. The number of anilines is 1. The van der Waals surface area contributed by atoms with Crippen LogP contribution >= 0.6 is 11.6 Å². The van der Waals surface area contributed by atoms with E-state index in [1.54, 1.807) is 25.1 Å². The highest BCUT2D eigenvalue weighted by Crippen LogP contribution is 2.36. The zero-order valence-corrected chi connectivity index (χ0v) is 11.4. The van der Waals surface area contributed by atoms with E-state index in [-0.39, 0.29) is 11.6 Å². The summed E-state index contributed by atoms with van der Waals surface area (Å²) in [7, 11) is 0. The Balaban J connectivity index is 2.81. The van der Waals surface area contributed by atoms with Crippen LogP contribution in [0.2, 0.25) is 5.02 Å². The number of halogens is 2. The van der Waals surface area contributed by atoms with E-state index >= 15 is 0 Å². The Bertz CT molecular complexity index is 667. The van der Waals surface area contributed by atoms with Crippen LogP contribution in [-0.4, -0.2) is 5.78 Å². The standard InChI is InChI=1S/C15H13ClFNO/c1-8-13(16)7-12(9(2)19)14(15(8)18)10-4-3-5-11(17)6-10/h3-7H,18H2,1-2H3. The van der Waals surface area contributed by atoms with Gasteiger partial charge in [-0.25, -0.2) is 4.39 Å². The number of nitrogen functional groups attached to an aromatic ring is 1. The summed E-state index contributed by atoms with van der Waals surface area (Å²) in [5.41, 5.74) is 8.65. The molecular weight excluding hydrogens is 265 g/mol. The van der Waals surface area contributed by atoms with Crippen molar-refractivity contribution in [2.24, 2.45) is 0 Å². The van der Waals surface area contributed by atoms with E-state index in [4.69, 9.17) is 17.3 Å². The molecule has 0 spiro atoms. The molecule has 0 aliphatic rings. The van der Waals surface area contributed by atoms with Crippen molar-refractivity contribution < 1.29 is 9.18 Å². The molecule has 4 heteroatoms. The van der Waals surface area contributed by atoms with E-state index in [1.165, 1.54) is 19.1 Å². The highest BCUT2D eigenvalue weighted by molar-refractivity contribution is 6.32. The third-order valence-corrected chi connectivity index (χ3v) is 3.46. The molecule has 0 aliphatic carbocycles. The molecule has 0 bridgehead atoms. The van der Waals surface area contributed by atoms with Gasteiger partial charge in [-0.2, -0.15) is 0 Å². The van der Waals surface area contributed by atoms with Gasteiger partial charge in [-0.1, -0.05) is 23.7 Å². The molecule has 0 fully saturated rings. The molecule has 0 aromatic heterocycles. The van der Waals surface area contributed by atoms with E-state index in [9.17, 15) is 9.18 Å². The molecule has 2 N–H and O–H groups in total. The molecule has 0 atom stereocenters. The fourth-order valence-corrected chi connectivity index (χ4v) is 2.21. The lowest BCUT2D eigenvalue weighted by atomic mass is 9.93. The average Bonchev–Trinajstić information content (AvgIpc) is 2.35. The van der Waals surface area contributed by atoms with E-state index in [2.05, 4.69) is 0 Å². The van der Waals surface area contributed by atoms with Crippen molar-refractivity contribution in [2.75, 3.05) is 5.73 Å². The fourth-order valence-electron chi connectivity index (χ4n) is 2.00. The maximum atomic E-state index is 13.3. The molecule has 0 unspecified atom stereocenters. The molecule has 0 aliphatic heterocycles. The van der Waals surface area contributed by atoms with Gasteiger partial charge in [-0.3, -0.25) is 4.79 Å². The number of benzene rings is 2. The van der Waals surface area contributed by atoms with Gasteiger partial charge in [0.25, 0.3) is 0 Å². The minimum Gasteiger partial charge on any atom is -0.398 e. The molecular formula is C15H13ClFNO. The molecule has 19 heavy (non-hydrogen) atoms. The Hall–Kier alpha value is -1.87. The largest absolute Gasteiger partial charge is 0.398 e. The van der Waals surface area contributed by atoms with Crippen molar-refractivity contribution in [3.63, 3.8) is 0 Å². The van der Waals surface area contributed by atoms with Crippen LogP contribution in [-0.2, 0) is 0 Å². The van der Waals surface area contributed by atoms with Gasteiger partial charge >= 0.3 is 0 Å². The third kappa shape index (κ3) is 2.47. The van der Waals surface area contributed by atoms with Crippen LogP contribution in [0, 0.1) is 12.7 Å². The van der Waals surface area contributed by atoms with Crippen LogP contribution in [0.1, 0.15) is 22.8 Å². The summed E-state index contributed by atoms with van der Waals surface area (Å²) in [6.45, 7) is 3.20. The Kier molecular flexibility index (Phi) is 3.58. The molecule has 98 valence electrons. The van der Waals surface area contributed by atoms with Crippen LogP contribution in [0.3, 0.4) is 0 Å². The minimum absolute atomic E-state index is 0.159. The highest BCUT2D eigenvalue weighted by Gasteiger charge is 2.17. The summed E-state index contributed by atoms with van der Waals surface area (Å²) in [6, 6.07) is 7.57. The second-order valence-electron chi connectivity index (χ2n) is 4.39. The van der Waals surface area contributed by atoms with Crippen molar-refractivity contribution in [3.05, 3.63) is 52.3 Å². The number of rotatable bonds is 2. The lowest BCUT2D eigenvalue weighted by Crippen LogP contribution is -2.03. The molecule has 0 saturated carbocycles. The smallest absolute Gasteiger partial charge is 0.160 e. The number of nitrogens with two attached hydrogens (primary N) is 1. The van der Waals surface area contributed by atoms with Crippen LogP contribution in [0.15, 0.2) is 30.3 Å². The van der Waals surface area contributed by atoms with Gasteiger partial charge in [0.1, 0.15) is 5.82 Å². The van der Waals surface area contributed by atoms with Gasteiger partial charge in [0.05, 0.1) is 0 Å². The van der Waals surface area contributed by atoms with E-state index in [0.29, 0.717) is 33.0 Å². The highest BCUT2D eigenvalue weighted by atomic mass is 35.5. The number of carbonyl (C=O) groups excluding carboxylic acids is 1. The lowest BCUT2D eigenvalue weighted by Gasteiger charge is -2.14. The van der Waals surface area contributed by atoms with E-state index in [1.807, 2.05) is 0 Å². The first kappa shape index (κ1) is 13.6. The number of ketones is 1. The molecule has 2 rings (SSSR count). The Morgan fingerprint density at radius 3 is 2.58 bits per heavy atom. The topological polar surface area (TPSA) is 43.1 Å². The Morgan fingerprint density at radius 2 is 2.00 bits per heavy atom. The van der Waals surface area contributed by atoms with Crippen molar-refractivity contribution in [3.8, 4) is 11.1 Å². The summed E-state index contributed by atoms with van der Waals surface area (Å²) >= 11 is 6.05. The predicted molar refractivity (Wildman–Crippen MR) is 76.0 cm³/mol. The molecule has 0 amide bonds. The van der Waals surface area contributed by atoms with Crippen molar-refractivity contribution in [1.82, 2.24) is 0 Å². The molecule has 0 heterocycles. The summed E-state index contributed by atoms with van der Waals surface area (Å²) in [4.78, 5) is 11.7. The van der Waals surface area contributed by atoms with E-state index < -0.39 is 0 Å². The molecule has 2 nitrogen and oxygen atoms in total. The van der Waals surface area contributed by atoms with Crippen molar-refractivity contribution in [2.45, 2.75) is 13.8 Å². The zero-order chi connectivity index (χ0) is 14.2. The maximum Gasteiger partial charge on any atom is 0.160 e. The first-order valence-electron chi connectivity index (χ1n) is 5.77. The summed E-state index contributed by atoms with van der Waals surface area (Å²) in [6.07, 6.45) is 0. The zero-order valence-electron chi connectivity index (χ0n) is 10.6. The van der Waals surface area contributed by atoms with Crippen LogP contribution < -0.4 is 5.73 Å². The summed E-state index contributed by atoms with van der Waals surface area (Å²) in [5, 5.41) is 0.433. The van der Waals surface area contributed by atoms with Crippen LogP contribution in [0.5, 0.6) is 0 Å². The molecule has 0 radical (unpaired) electrons. The van der Waals surface area contributed by atoms with Gasteiger partial charge < -0.3 is 5.73 Å². The number of hydrogen-bond donors (Lipinski definition) is 1. The maximum absolute atomic E-state index is 13.3. The fraction of sp³-hybridized carbons (Fsp3) is 0.133. The van der Waals surface area contributed by atoms with Gasteiger partial charge in [-0.15, -0.1) is 0 Å². The quantitative estimate of drug-likeness (QED) is 0.659. The summed E-state index contributed by atoms with van der Waals surface area (Å²) in [5.74, 6) is -0.535. The third-order valence-electron chi connectivity index (χ3n) is 3.06. The Morgan fingerprint density at radius 1 is 1.32 bits per heavy atom. The number of hydrogen-bond acceptors (Lipinski definition) is 2. The molecule has 2 aromatic rings. The average molecular weight is 278 g/mol. The number of Topliss-reactive ketones (excluding diaryl/α,β-unsaturated/α-hetero) is 1. The first-order valence-corrected chi connectivity index (χ1v) is 6.15. The minimum atomic E-state index is -0.376. The predicted octanol–water partition coefficient (Wildman–Crippen LogP) is 4.24. The van der Waals surface area contributed by atoms with Gasteiger partial charge in [-0.05, 0) is 43.2 Å². The van der Waals surface area contributed by atoms with Crippen LogP contribution in [0.4, 0.5) is 10.1 Å². The van der Waals surface area contributed by atoms with Crippen LogP contribution in [0.25, 0.3) is 11.1 Å². The SMILES string of the molecule is CC(=O)c1cc(Cl)c(C)c(N)c1-c1cccc(F)c1. The van der Waals surface area contributed by atoms with Gasteiger partial charge in [0.2, 0.25) is 0 Å². The van der Waals surface area contributed by atoms with E-state index in [0.717, 1.165) is 0 Å². The first-order chi connectivity index (χ1) is 8.91. The van der Waals surface area contributed by atoms with Crippen molar-refractivity contribution >= 4 is 23.1 Å². The summed E-state index contributed by atoms with van der Waals surface area (Å²) < 4.78 is 13.3. The molecule has 0 saturated heterocycles. The monoisotopic (exact) mass is 277 g/mol. The van der Waals surface area contributed by atoms with Gasteiger partial charge in [0.15, 0.2) is 5.78 Å².